The first kappa shape index (κ1) is 9.54. The maximum absolute atomic E-state index is 12.0. The van der Waals surface area contributed by atoms with Crippen LogP contribution < -0.4 is 4.90 Å². The first-order valence-corrected chi connectivity index (χ1v) is 5.31. The van der Waals surface area contributed by atoms with Gasteiger partial charge in [0.2, 0.25) is 0 Å². The Morgan fingerprint density at radius 2 is 2.25 bits per heavy atom. The molecule has 2 atom stereocenters. The predicted molar refractivity (Wildman–Crippen MR) is 57.2 cm³/mol. The van der Waals surface area contributed by atoms with Crippen molar-refractivity contribution in [2.75, 3.05) is 11.4 Å². The number of fused-ring (bicyclic) bond motifs is 1. The van der Waals surface area contributed by atoms with E-state index in [1.807, 2.05) is 24.3 Å². The molecular formula is C12H11NO3. The van der Waals surface area contributed by atoms with Crippen LogP contribution in [0.25, 0.3) is 0 Å². The molecule has 0 N–H and O–H groups in total. The van der Waals surface area contributed by atoms with Gasteiger partial charge >= 0.3 is 0 Å². The second-order valence-corrected chi connectivity index (χ2v) is 4.03. The number of amides is 1. The van der Waals surface area contributed by atoms with Gasteiger partial charge in [-0.05, 0) is 18.1 Å². The van der Waals surface area contributed by atoms with Crippen LogP contribution in [0.15, 0.2) is 24.3 Å². The number of hydrogen-bond acceptors (Lipinski definition) is 3. The summed E-state index contributed by atoms with van der Waals surface area (Å²) in [7, 11) is 0. The second kappa shape index (κ2) is 3.42. The maximum Gasteiger partial charge on any atom is 0.259 e. The van der Waals surface area contributed by atoms with Gasteiger partial charge < -0.3 is 14.4 Å². The van der Waals surface area contributed by atoms with Crippen LogP contribution >= 0.6 is 0 Å². The summed E-state index contributed by atoms with van der Waals surface area (Å²) >= 11 is 0. The molecular weight excluding hydrogens is 206 g/mol. The Labute approximate surface area is 92.8 Å². The summed E-state index contributed by atoms with van der Waals surface area (Å²) in [6, 6.07) is 7.83. The van der Waals surface area contributed by atoms with E-state index in [0.29, 0.717) is 12.8 Å². The van der Waals surface area contributed by atoms with Gasteiger partial charge in [-0.1, -0.05) is 18.2 Å². The number of anilines is 1. The van der Waals surface area contributed by atoms with Gasteiger partial charge in [-0.3, -0.25) is 4.79 Å². The van der Waals surface area contributed by atoms with E-state index in [1.165, 1.54) is 5.56 Å². The fraction of sp³-hybridized carbons (Fsp3) is 0.333. The Balaban J connectivity index is 1.83. The highest BCUT2D eigenvalue weighted by atomic mass is 16.6. The van der Waals surface area contributed by atoms with Gasteiger partial charge in [0.1, 0.15) is 6.10 Å². The van der Waals surface area contributed by atoms with E-state index in [-0.39, 0.29) is 5.91 Å². The van der Waals surface area contributed by atoms with Crippen LogP contribution in [0.4, 0.5) is 5.69 Å². The quantitative estimate of drug-likeness (QED) is 0.536. The van der Waals surface area contributed by atoms with E-state index < -0.39 is 12.2 Å². The van der Waals surface area contributed by atoms with Gasteiger partial charge in [0.15, 0.2) is 12.4 Å². The molecule has 0 unspecified atom stereocenters. The monoisotopic (exact) mass is 217 g/mol. The van der Waals surface area contributed by atoms with Crippen molar-refractivity contribution in [2.24, 2.45) is 0 Å². The van der Waals surface area contributed by atoms with Crippen molar-refractivity contribution in [1.82, 2.24) is 0 Å². The minimum absolute atomic E-state index is 0.0953. The third-order valence-electron chi connectivity index (χ3n) is 3.06. The summed E-state index contributed by atoms with van der Waals surface area (Å²) in [6.07, 6.45) is 0.481. The van der Waals surface area contributed by atoms with Crippen LogP contribution in [0.2, 0.25) is 0 Å². The number of carbonyl (C=O) groups excluding carboxylic acids is 2. The molecule has 1 aromatic carbocycles. The Hall–Kier alpha value is -1.68. The van der Waals surface area contributed by atoms with Crippen LogP contribution in [-0.4, -0.2) is 30.9 Å². The lowest BCUT2D eigenvalue weighted by atomic mass is 10.2. The molecule has 3 rings (SSSR count). The van der Waals surface area contributed by atoms with E-state index in [4.69, 9.17) is 4.74 Å². The number of ether oxygens (including phenoxy) is 1. The van der Waals surface area contributed by atoms with Gasteiger partial charge in [-0.25, -0.2) is 0 Å². The van der Waals surface area contributed by atoms with Crippen LogP contribution in [-0.2, 0) is 20.7 Å². The summed E-state index contributed by atoms with van der Waals surface area (Å²) in [5.41, 5.74) is 2.13. The summed E-state index contributed by atoms with van der Waals surface area (Å²) in [4.78, 5) is 24.1. The normalized spacial score (nSPS) is 26.4. The zero-order chi connectivity index (χ0) is 11.1. The van der Waals surface area contributed by atoms with Gasteiger partial charge in [0, 0.05) is 12.2 Å². The largest absolute Gasteiger partial charge is 0.351 e. The highest BCUT2D eigenvalue weighted by Crippen LogP contribution is 2.31. The van der Waals surface area contributed by atoms with E-state index in [2.05, 4.69) is 0 Å². The number of nitrogens with zero attached hydrogens (tertiary/aromatic N) is 1. The van der Waals surface area contributed by atoms with Crippen LogP contribution in [0.5, 0.6) is 0 Å². The molecule has 0 bridgehead atoms. The van der Waals surface area contributed by atoms with E-state index in [1.54, 1.807) is 4.90 Å². The molecule has 4 heteroatoms. The van der Waals surface area contributed by atoms with Crippen molar-refractivity contribution in [3.8, 4) is 0 Å². The first-order chi connectivity index (χ1) is 7.81. The second-order valence-electron chi connectivity index (χ2n) is 4.03. The summed E-state index contributed by atoms with van der Waals surface area (Å²) < 4.78 is 5.00. The Morgan fingerprint density at radius 1 is 1.44 bits per heavy atom. The standard InChI is InChI=1S/C12H11NO3/c14-7-10-11(16-10)12(15)13-6-5-8-3-1-2-4-9(8)13/h1-4,7,10-11H,5-6H2/t10-,11+/m1/s1. The molecule has 1 saturated heterocycles. The molecule has 1 fully saturated rings. The highest BCUT2D eigenvalue weighted by molar-refractivity contribution is 6.02. The fourth-order valence-electron chi connectivity index (χ4n) is 2.15. The average Bonchev–Trinajstić information content (AvgIpc) is 2.99. The molecule has 2 aliphatic heterocycles. The Kier molecular flexibility index (Phi) is 2.04. The van der Waals surface area contributed by atoms with Crippen molar-refractivity contribution in [2.45, 2.75) is 18.6 Å². The number of rotatable bonds is 2. The van der Waals surface area contributed by atoms with Crippen molar-refractivity contribution in [1.29, 1.82) is 0 Å². The van der Waals surface area contributed by atoms with E-state index in [0.717, 1.165) is 12.1 Å². The fourth-order valence-corrected chi connectivity index (χ4v) is 2.15. The van der Waals surface area contributed by atoms with Crippen molar-refractivity contribution >= 4 is 17.9 Å². The topological polar surface area (TPSA) is 49.9 Å². The summed E-state index contributed by atoms with van der Waals surface area (Å²) in [6.45, 7) is 0.684. The van der Waals surface area contributed by atoms with Crippen LogP contribution in [0.3, 0.4) is 0 Å². The maximum atomic E-state index is 12.0. The first-order valence-electron chi connectivity index (χ1n) is 5.31. The molecule has 4 nitrogen and oxygen atoms in total. The van der Waals surface area contributed by atoms with Gasteiger partial charge in [-0.2, -0.15) is 0 Å². The predicted octanol–water partition coefficient (Wildman–Crippen LogP) is 0.542. The van der Waals surface area contributed by atoms with Gasteiger partial charge in [0.25, 0.3) is 5.91 Å². The smallest absolute Gasteiger partial charge is 0.259 e. The van der Waals surface area contributed by atoms with Crippen molar-refractivity contribution in [3.05, 3.63) is 29.8 Å². The number of hydrogen-bond donors (Lipinski definition) is 0. The minimum atomic E-state index is -0.552. The molecule has 0 saturated carbocycles. The molecule has 1 aromatic rings. The molecule has 0 aromatic heterocycles. The third kappa shape index (κ3) is 1.34. The number of benzene rings is 1. The molecule has 1 amide bonds. The number of carbonyl (C=O) groups is 2. The Bertz CT molecular complexity index is 457. The van der Waals surface area contributed by atoms with E-state index >= 15 is 0 Å². The molecule has 2 aliphatic rings. The third-order valence-corrected chi connectivity index (χ3v) is 3.06. The minimum Gasteiger partial charge on any atom is -0.351 e. The molecule has 82 valence electrons. The summed E-state index contributed by atoms with van der Waals surface area (Å²) in [5, 5.41) is 0. The highest BCUT2D eigenvalue weighted by Gasteiger charge is 2.48. The lowest BCUT2D eigenvalue weighted by Gasteiger charge is -2.15. The molecule has 2 heterocycles. The number of para-hydroxylation sites is 1. The molecule has 0 spiro atoms. The average molecular weight is 217 g/mol. The van der Waals surface area contributed by atoms with Crippen molar-refractivity contribution in [3.63, 3.8) is 0 Å². The SMILES string of the molecule is O=C[C@H]1O[C@@H]1C(=O)N1CCc2ccccc21. The molecule has 0 aliphatic carbocycles. The number of epoxide rings is 1. The van der Waals surface area contributed by atoms with Crippen LogP contribution in [0.1, 0.15) is 5.56 Å². The zero-order valence-electron chi connectivity index (χ0n) is 8.63. The molecule has 16 heavy (non-hydrogen) atoms. The van der Waals surface area contributed by atoms with E-state index in [9.17, 15) is 9.59 Å². The lowest BCUT2D eigenvalue weighted by molar-refractivity contribution is -0.119. The van der Waals surface area contributed by atoms with Crippen LogP contribution in [0, 0.1) is 0 Å². The number of aldehydes is 1. The Morgan fingerprint density at radius 3 is 3.00 bits per heavy atom. The molecule has 0 radical (unpaired) electrons. The van der Waals surface area contributed by atoms with Gasteiger partial charge in [-0.15, -0.1) is 0 Å². The zero-order valence-corrected chi connectivity index (χ0v) is 8.63. The lowest BCUT2D eigenvalue weighted by Crippen LogP contribution is -2.33. The summed E-state index contributed by atoms with van der Waals surface area (Å²) in [5.74, 6) is -0.0953. The van der Waals surface area contributed by atoms with Gasteiger partial charge in [0.05, 0.1) is 0 Å². The van der Waals surface area contributed by atoms with Crippen molar-refractivity contribution < 1.29 is 14.3 Å².